The number of amides is 2. The lowest BCUT2D eigenvalue weighted by molar-refractivity contribution is 0.183. The van der Waals surface area contributed by atoms with Crippen molar-refractivity contribution < 1.29 is 4.79 Å². The standard InChI is InChI=1S/C10H21N3O/c1-5-8(2)13-7-9(6-11-3)12(4)10(13)14/h8-9,11H,5-7H2,1-4H3. The number of hydrogen-bond acceptors (Lipinski definition) is 2. The van der Waals surface area contributed by atoms with Gasteiger partial charge in [0.05, 0.1) is 6.04 Å². The Balaban J connectivity index is 2.61. The van der Waals surface area contributed by atoms with E-state index in [0.717, 1.165) is 19.5 Å². The van der Waals surface area contributed by atoms with Gasteiger partial charge >= 0.3 is 6.03 Å². The lowest BCUT2D eigenvalue weighted by Crippen LogP contribution is -2.37. The maximum atomic E-state index is 11.8. The molecule has 1 heterocycles. The highest BCUT2D eigenvalue weighted by Gasteiger charge is 2.35. The molecule has 4 nitrogen and oxygen atoms in total. The molecule has 4 heteroatoms. The molecule has 2 unspecified atom stereocenters. The van der Waals surface area contributed by atoms with Crippen molar-refractivity contribution in [1.82, 2.24) is 15.1 Å². The van der Waals surface area contributed by atoms with Gasteiger partial charge in [-0.05, 0) is 20.4 Å². The second-order valence-corrected chi connectivity index (χ2v) is 4.01. The van der Waals surface area contributed by atoms with Crippen LogP contribution in [0, 0.1) is 0 Å². The fraction of sp³-hybridized carbons (Fsp3) is 0.900. The largest absolute Gasteiger partial charge is 0.322 e. The monoisotopic (exact) mass is 199 g/mol. The van der Waals surface area contributed by atoms with Crippen molar-refractivity contribution >= 4 is 6.03 Å². The van der Waals surface area contributed by atoms with Crippen LogP contribution in [0.5, 0.6) is 0 Å². The van der Waals surface area contributed by atoms with Crippen LogP contribution in [-0.4, -0.2) is 55.1 Å². The lowest BCUT2D eigenvalue weighted by Gasteiger charge is -2.22. The van der Waals surface area contributed by atoms with Gasteiger partial charge in [0.25, 0.3) is 0 Å². The molecule has 1 aliphatic heterocycles. The average molecular weight is 199 g/mol. The first-order valence-electron chi connectivity index (χ1n) is 5.29. The number of hydrogen-bond donors (Lipinski definition) is 1. The van der Waals surface area contributed by atoms with E-state index in [1.165, 1.54) is 0 Å². The van der Waals surface area contributed by atoms with Crippen LogP contribution in [0.2, 0.25) is 0 Å². The number of nitrogens with one attached hydrogen (secondary N) is 1. The number of carbonyl (C=O) groups excluding carboxylic acids is 1. The first kappa shape index (κ1) is 11.3. The number of carbonyl (C=O) groups is 1. The molecule has 0 spiro atoms. The van der Waals surface area contributed by atoms with E-state index in [2.05, 4.69) is 19.2 Å². The minimum Gasteiger partial charge on any atom is -0.322 e. The third-order valence-electron chi connectivity index (χ3n) is 3.07. The van der Waals surface area contributed by atoms with Gasteiger partial charge < -0.3 is 15.1 Å². The molecule has 0 aromatic rings. The molecule has 82 valence electrons. The van der Waals surface area contributed by atoms with Crippen molar-refractivity contribution in [3.05, 3.63) is 0 Å². The first-order chi connectivity index (χ1) is 6.61. The summed E-state index contributed by atoms with van der Waals surface area (Å²) in [5, 5.41) is 3.12. The average Bonchev–Trinajstić information content (AvgIpc) is 2.46. The summed E-state index contributed by atoms with van der Waals surface area (Å²) in [6, 6.07) is 0.841. The summed E-state index contributed by atoms with van der Waals surface area (Å²) in [4.78, 5) is 15.6. The number of likely N-dealkylation sites (N-methyl/N-ethyl adjacent to an activating group) is 2. The Morgan fingerprint density at radius 1 is 1.64 bits per heavy atom. The molecule has 2 amide bonds. The summed E-state index contributed by atoms with van der Waals surface area (Å²) in [5.74, 6) is 0. The predicted octanol–water partition coefficient (Wildman–Crippen LogP) is 0.740. The van der Waals surface area contributed by atoms with Crippen LogP contribution >= 0.6 is 0 Å². The van der Waals surface area contributed by atoms with Gasteiger partial charge in [-0.1, -0.05) is 6.92 Å². The Kier molecular flexibility index (Phi) is 3.75. The molecule has 0 radical (unpaired) electrons. The number of nitrogens with zero attached hydrogens (tertiary/aromatic N) is 2. The quantitative estimate of drug-likeness (QED) is 0.725. The molecule has 14 heavy (non-hydrogen) atoms. The van der Waals surface area contributed by atoms with Gasteiger partial charge in [0.2, 0.25) is 0 Å². The molecule has 1 aliphatic rings. The van der Waals surface area contributed by atoms with Crippen LogP contribution in [0.25, 0.3) is 0 Å². The minimum atomic E-state index is 0.166. The smallest absolute Gasteiger partial charge is 0.320 e. The highest BCUT2D eigenvalue weighted by molar-refractivity contribution is 5.77. The maximum Gasteiger partial charge on any atom is 0.320 e. The third-order valence-corrected chi connectivity index (χ3v) is 3.07. The van der Waals surface area contributed by atoms with Crippen LogP contribution in [0.4, 0.5) is 4.79 Å². The molecular weight excluding hydrogens is 178 g/mol. The number of urea groups is 1. The molecule has 1 N–H and O–H groups in total. The van der Waals surface area contributed by atoms with Crippen LogP contribution < -0.4 is 5.32 Å². The third kappa shape index (κ3) is 2.00. The van der Waals surface area contributed by atoms with Gasteiger partial charge in [-0.3, -0.25) is 0 Å². The van der Waals surface area contributed by atoms with E-state index in [1.54, 1.807) is 0 Å². The van der Waals surface area contributed by atoms with Gasteiger partial charge in [-0.15, -0.1) is 0 Å². The maximum absolute atomic E-state index is 11.8. The Morgan fingerprint density at radius 3 is 2.79 bits per heavy atom. The summed E-state index contributed by atoms with van der Waals surface area (Å²) in [6.07, 6.45) is 1.02. The van der Waals surface area contributed by atoms with Gasteiger partial charge in [-0.2, -0.15) is 0 Å². The molecule has 2 atom stereocenters. The zero-order valence-electron chi connectivity index (χ0n) is 9.58. The van der Waals surface area contributed by atoms with Crippen LogP contribution in [0.1, 0.15) is 20.3 Å². The van der Waals surface area contributed by atoms with Crippen molar-refractivity contribution in [2.24, 2.45) is 0 Å². The molecule has 0 aliphatic carbocycles. The highest BCUT2D eigenvalue weighted by Crippen LogP contribution is 2.17. The Labute approximate surface area is 86.2 Å². The summed E-state index contributed by atoms with van der Waals surface area (Å²) in [5.41, 5.74) is 0. The van der Waals surface area contributed by atoms with Gasteiger partial charge in [0.15, 0.2) is 0 Å². The fourth-order valence-electron chi connectivity index (χ4n) is 1.81. The topological polar surface area (TPSA) is 35.6 Å². The lowest BCUT2D eigenvalue weighted by atomic mass is 10.2. The van der Waals surface area contributed by atoms with Crippen LogP contribution in [-0.2, 0) is 0 Å². The molecule has 0 aromatic carbocycles. The zero-order valence-corrected chi connectivity index (χ0v) is 9.58. The van der Waals surface area contributed by atoms with E-state index in [9.17, 15) is 4.79 Å². The van der Waals surface area contributed by atoms with Crippen LogP contribution in [0.3, 0.4) is 0 Å². The van der Waals surface area contributed by atoms with Gasteiger partial charge in [-0.25, -0.2) is 4.79 Å². The van der Waals surface area contributed by atoms with Crippen molar-refractivity contribution in [3.63, 3.8) is 0 Å². The second-order valence-electron chi connectivity index (χ2n) is 4.01. The van der Waals surface area contributed by atoms with Crippen molar-refractivity contribution in [3.8, 4) is 0 Å². The zero-order chi connectivity index (χ0) is 10.7. The van der Waals surface area contributed by atoms with E-state index in [4.69, 9.17) is 0 Å². The van der Waals surface area contributed by atoms with Gasteiger partial charge in [0, 0.05) is 26.2 Å². The van der Waals surface area contributed by atoms with E-state index in [1.807, 2.05) is 23.9 Å². The minimum absolute atomic E-state index is 0.166. The second kappa shape index (κ2) is 4.64. The van der Waals surface area contributed by atoms with E-state index < -0.39 is 0 Å². The SMILES string of the molecule is CCC(C)N1CC(CNC)N(C)C1=O. The van der Waals surface area contributed by atoms with E-state index >= 15 is 0 Å². The summed E-state index contributed by atoms with van der Waals surface area (Å²) < 4.78 is 0. The molecule has 0 aromatic heterocycles. The molecule has 0 saturated carbocycles. The summed E-state index contributed by atoms with van der Waals surface area (Å²) >= 11 is 0. The molecule has 1 saturated heterocycles. The Hall–Kier alpha value is -0.770. The summed E-state index contributed by atoms with van der Waals surface area (Å²) in [6.45, 7) is 5.94. The number of rotatable bonds is 4. The summed E-state index contributed by atoms with van der Waals surface area (Å²) in [7, 11) is 3.80. The fourth-order valence-corrected chi connectivity index (χ4v) is 1.81. The van der Waals surface area contributed by atoms with E-state index in [0.29, 0.717) is 12.1 Å². The van der Waals surface area contributed by atoms with E-state index in [-0.39, 0.29) is 6.03 Å². The normalized spacial score (nSPS) is 24.6. The van der Waals surface area contributed by atoms with Crippen molar-refractivity contribution in [2.75, 3.05) is 27.2 Å². The predicted molar refractivity (Wildman–Crippen MR) is 57.3 cm³/mol. The highest BCUT2D eigenvalue weighted by atomic mass is 16.2. The Bertz CT molecular complexity index is 208. The molecule has 1 rings (SSSR count). The molecule has 1 fully saturated rings. The molecular formula is C10H21N3O. The van der Waals surface area contributed by atoms with Crippen molar-refractivity contribution in [1.29, 1.82) is 0 Å². The Morgan fingerprint density at radius 2 is 2.29 bits per heavy atom. The van der Waals surface area contributed by atoms with Gasteiger partial charge in [0.1, 0.15) is 0 Å². The molecule has 0 bridgehead atoms. The first-order valence-corrected chi connectivity index (χ1v) is 5.29. The van der Waals surface area contributed by atoms with Crippen molar-refractivity contribution in [2.45, 2.75) is 32.4 Å². The van der Waals surface area contributed by atoms with Crippen LogP contribution in [0.15, 0.2) is 0 Å².